The molecule has 2 amide bonds. The Kier molecular flexibility index (Phi) is 8.17. The van der Waals surface area contributed by atoms with Gasteiger partial charge in [-0.15, -0.1) is 0 Å². The smallest absolute Gasteiger partial charge is 0.407 e. The van der Waals surface area contributed by atoms with E-state index >= 15 is 0 Å². The summed E-state index contributed by atoms with van der Waals surface area (Å²) in [6.07, 6.45) is -0.719. The first-order chi connectivity index (χ1) is 12.1. The molecule has 1 aromatic carbocycles. The minimum atomic E-state index is -0.949. The summed E-state index contributed by atoms with van der Waals surface area (Å²) in [5.74, 6) is -0.233. The lowest BCUT2D eigenvalue weighted by Crippen LogP contribution is -2.50. The van der Waals surface area contributed by atoms with Crippen molar-refractivity contribution in [3.05, 3.63) is 35.9 Å². The molecule has 25 heavy (non-hydrogen) atoms. The Balaban J connectivity index is 1.94. The fourth-order valence-electron chi connectivity index (χ4n) is 2.50. The highest BCUT2D eigenvalue weighted by molar-refractivity contribution is 9.09. The lowest BCUT2D eigenvalue weighted by atomic mass is 10.0. The second-order valence-corrected chi connectivity index (χ2v) is 6.40. The van der Waals surface area contributed by atoms with Crippen molar-refractivity contribution in [2.45, 2.75) is 31.1 Å². The molecule has 1 saturated heterocycles. The standard InChI is InChI=1S/C17H23BrN2O5/c18-9-16(22)19-10-15(21)14(8-12-4-2-1-3-5-12)20-17(23)25-13-6-7-24-11-13/h1-5,13-15,21H,6-11H2,(H,19,22)(H,20,23)/t13-,14-,15+/m0/s1. The molecule has 0 saturated carbocycles. The number of ether oxygens (including phenoxy) is 2. The van der Waals surface area contributed by atoms with Crippen LogP contribution in [0.3, 0.4) is 0 Å². The quantitative estimate of drug-likeness (QED) is 0.551. The van der Waals surface area contributed by atoms with E-state index in [0.29, 0.717) is 26.1 Å². The van der Waals surface area contributed by atoms with Gasteiger partial charge in [-0.1, -0.05) is 46.3 Å². The molecular weight excluding hydrogens is 392 g/mol. The van der Waals surface area contributed by atoms with Crippen LogP contribution in [0.2, 0.25) is 0 Å². The number of amides is 2. The number of benzene rings is 1. The molecule has 1 aromatic rings. The Morgan fingerprint density at radius 3 is 2.76 bits per heavy atom. The highest BCUT2D eigenvalue weighted by Gasteiger charge is 2.25. The van der Waals surface area contributed by atoms with Crippen LogP contribution in [-0.4, -0.2) is 60.4 Å². The number of aliphatic hydroxyl groups excluding tert-OH is 1. The summed E-state index contributed by atoms with van der Waals surface area (Å²) in [5.41, 5.74) is 0.961. The van der Waals surface area contributed by atoms with Gasteiger partial charge in [-0.2, -0.15) is 0 Å². The number of carbonyl (C=O) groups is 2. The predicted molar refractivity (Wildman–Crippen MR) is 95.6 cm³/mol. The van der Waals surface area contributed by atoms with Crippen molar-refractivity contribution >= 4 is 27.9 Å². The van der Waals surface area contributed by atoms with E-state index in [1.165, 1.54) is 0 Å². The number of hydrogen-bond donors (Lipinski definition) is 3. The van der Waals surface area contributed by atoms with E-state index in [0.717, 1.165) is 5.56 Å². The van der Waals surface area contributed by atoms with Gasteiger partial charge in [0.1, 0.15) is 6.10 Å². The van der Waals surface area contributed by atoms with Crippen molar-refractivity contribution in [2.75, 3.05) is 25.1 Å². The van der Waals surface area contributed by atoms with Crippen LogP contribution in [-0.2, 0) is 20.7 Å². The topological polar surface area (TPSA) is 96.9 Å². The summed E-state index contributed by atoms with van der Waals surface area (Å²) >= 11 is 3.05. The minimum absolute atomic E-state index is 0.0365. The Morgan fingerprint density at radius 2 is 2.12 bits per heavy atom. The molecule has 1 aliphatic rings. The number of alkyl halides is 1. The second kappa shape index (κ2) is 10.4. The van der Waals surface area contributed by atoms with E-state index in [9.17, 15) is 14.7 Å². The van der Waals surface area contributed by atoms with Crippen molar-refractivity contribution < 1.29 is 24.2 Å². The minimum Gasteiger partial charge on any atom is -0.444 e. The van der Waals surface area contributed by atoms with Gasteiger partial charge in [0.05, 0.1) is 30.7 Å². The fraction of sp³-hybridized carbons (Fsp3) is 0.529. The normalized spacial score (nSPS) is 19.0. The van der Waals surface area contributed by atoms with Gasteiger partial charge in [-0.3, -0.25) is 4.79 Å². The van der Waals surface area contributed by atoms with Crippen molar-refractivity contribution in [1.82, 2.24) is 10.6 Å². The first kappa shape index (κ1) is 19.7. The summed E-state index contributed by atoms with van der Waals surface area (Å²) in [6.45, 7) is 1.00. The van der Waals surface area contributed by atoms with Gasteiger partial charge in [0, 0.05) is 13.0 Å². The number of aliphatic hydroxyl groups is 1. The lowest BCUT2D eigenvalue weighted by Gasteiger charge is -2.25. The molecule has 3 N–H and O–H groups in total. The number of halogens is 1. The maximum absolute atomic E-state index is 12.1. The molecule has 7 nitrogen and oxygen atoms in total. The molecule has 0 bridgehead atoms. The summed E-state index contributed by atoms with van der Waals surface area (Å²) in [6, 6.07) is 8.91. The molecule has 3 atom stereocenters. The molecule has 0 aromatic heterocycles. The third kappa shape index (κ3) is 7.01. The Bertz CT molecular complexity index is 551. The molecule has 0 spiro atoms. The third-order valence-electron chi connectivity index (χ3n) is 3.86. The molecule has 0 radical (unpaired) electrons. The van der Waals surface area contributed by atoms with Gasteiger partial charge in [0.15, 0.2) is 0 Å². The van der Waals surface area contributed by atoms with Crippen molar-refractivity contribution in [2.24, 2.45) is 0 Å². The average Bonchev–Trinajstić information content (AvgIpc) is 3.12. The SMILES string of the molecule is O=C(CBr)NC[C@@H](O)[C@H](Cc1ccccc1)NC(=O)O[C@H]1CCOC1. The van der Waals surface area contributed by atoms with E-state index in [1.54, 1.807) is 0 Å². The zero-order valence-corrected chi connectivity index (χ0v) is 15.4. The summed E-state index contributed by atoms with van der Waals surface area (Å²) in [5, 5.41) is 15.9. The number of nitrogens with one attached hydrogen (secondary N) is 2. The number of hydrogen-bond acceptors (Lipinski definition) is 5. The summed E-state index contributed by atoms with van der Waals surface area (Å²) in [7, 11) is 0. The first-order valence-corrected chi connectivity index (χ1v) is 9.30. The predicted octanol–water partition coefficient (Wildman–Crippen LogP) is 0.985. The second-order valence-electron chi connectivity index (χ2n) is 5.84. The third-order valence-corrected chi connectivity index (χ3v) is 4.37. The Hall–Kier alpha value is -1.64. The van der Waals surface area contributed by atoms with Crippen LogP contribution in [0.25, 0.3) is 0 Å². The van der Waals surface area contributed by atoms with Crippen molar-refractivity contribution in [3.63, 3.8) is 0 Å². The van der Waals surface area contributed by atoms with Gasteiger partial charge in [-0.05, 0) is 12.0 Å². The first-order valence-electron chi connectivity index (χ1n) is 8.18. The molecule has 8 heteroatoms. The van der Waals surface area contributed by atoms with Crippen molar-refractivity contribution in [3.8, 4) is 0 Å². The monoisotopic (exact) mass is 414 g/mol. The molecule has 0 aliphatic carbocycles. The average molecular weight is 415 g/mol. The lowest BCUT2D eigenvalue weighted by molar-refractivity contribution is -0.119. The van der Waals surface area contributed by atoms with Crippen molar-refractivity contribution in [1.29, 1.82) is 0 Å². The molecule has 1 aliphatic heterocycles. The van der Waals surface area contributed by atoms with Crippen LogP contribution in [0.4, 0.5) is 4.79 Å². The molecule has 138 valence electrons. The van der Waals surface area contributed by atoms with Gasteiger partial charge < -0.3 is 25.2 Å². The van der Waals surface area contributed by atoms with Crippen LogP contribution in [0.5, 0.6) is 0 Å². The zero-order chi connectivity index (χ0) is 18.1. The molecular formula is C17H23BrN2O5. The van der Waals surface area contributed by atoms with Crippen LogP contribution < -0.4 is 10.6 Å². The molecule has 0 unspecified atom stereocenters. The number of rotatable bonds is 8. The molecule has 1 heterocycles. The van der Waals surface area contributed by atoms with E-state index in [1.807, 2.05) is 30.3 Å². The molecule has 1 fully saturated rings. The molecule has 2 rings (SSSR count). The zero-order valence-electron chi connectivity index (χ0n) is 13.8. The maximum atomic E-state index is 12.1. The van der Waals surface area contributed by atoms with Crippen LogP contribution >= 0.6 is 15.9 Å². The fourth-order valence-corrected chi connectivity index (χ4v) is 2.70. The van der Waals surface area contributed by atoms with E-state index in [2.05, 4.69) is 26.6 Å². The van der Waals surface area contributed by atoms with E-state index in [-0.39, 0.29) is 23.9 Å². The number of alkyl carbamates (subject to hydrolysis) is 1. The van der Waals surface area contributed by atoms with Gasteiger partial charge in [0.2, 0.25) is 5.91 Å². The highest BCUT2D eigenvalue weighted by atomic mass is 79.9. The van der Waals surface area contributed by atoms with E-state index < -0.39 is 18.2 Å². The van der Waals surface area contributed by atoms with Crippen LogP contribution in [0.15, 0.2) is 30.3 Å². The summed E-state index contributed by atoms with van der Waals surface area (Å²) < 4.78 is 10.5. The van der Waals surface area contributed by atoms with E-state index in [4.69, 9.17) is 9.47 Å². The Labute approximate surface area is 155 Å². The van der Waals surface area contributed by atoms with Gasteiger partial charge >= 0.3 is 6.09 Å². The largest absolute Gasteiger partial charge is 0.444 e. The van der Waals surface area contributed by atoms with Crippen LogP contribution in [0.1, 0.15) is 12.0 Å². The Morgan fingerprint density at radius 1 is 1.36 bits per heavy atom. The van der Waals surface area contributed by atoms with Gasteiger partial charge in [0.25, 0.3) is 0 Å². The maximum Gasteiger partial charge on any atom is 0.407 e. The number of carbonyl (C=O) groups excluding carboxylic acids is 2. The summed E-state index contributed by atoms with van der Waals surface area (Å²) in [4.78, 5) is 23.5. The highest BCUT2D eigenvalue weighted by Crippen LogP contribution is 2.10. The van der Waals surface area contributed by atoms with Gasteiger partial charge in [-0.25, -0.2) is 4.79 Å². The van der Waals surface area contributed by atoms with Crippen LogP contribution in [0, 0.1) is 0 Å².